The van der Waals surface area contributed by atoms with Gasteiger partial charge in [0.05, 0.1) is 6.61 Å². The van der Waals surface area contributed by atoms with Crippen LogP contribution in [0.3, 0.4) is 0 Å². The molecule has 19 heavy (non-hydrogen) atoms. The van der Waals surface area contributed by atoms with Crippen LogP contribution in [0, 0.1) is 17.6 Å². The van der Waals surface area contributed by atoms with Gasteiger partial charge in [-0.25, -0.2) is 8.78 Å². The predicted octanol–water partition coefficient (Wildman–Crippen LogP) is 2.91. The molecule has 3 atom stereocenters. The van der Waals surface area contributed by atoms with Gasteiger partial charge >= 0.3 is 0 Å². The van der Waals surface area contributed by atoms with Crippen LogP contribution in [0.25, 0.3) is 0 Å². The van der Waals surface area contributed by atoms with Crippen LogP contribution >= 0.6 is 0 Å². The molecule has 1 aromatic rings. The number of ether oxygens (including phenoxy) is 1. The van der Waals surface area contributed by atoms with E-state index in [4.69, 9.17) is 4.74 Å². The molecule has 1 aliphatic heterocycles. The summed E-state index contributed by atoms with van der Waals surface area (Å²) in [4.78, 5) is 0. The first-order valence-corrected chi connectivity index (χ1v) is 6.84. The van der Waals surface area contributed by atoms with E-state index in [2.05, 4.69) is 12.2 Å². The summed E-state index contributed by atoms with van der Waals surface area (Å²) in [6.07, 6.45) is 1.41. The Morgan fingerprint density at radius 2 is 2.00 bits per heavy atom. The fraction of sp³-hybridized carbons (Fsp3) is 0.600. The van der Waals surface area contributed by atoms with E-state index in [9.17, 15) is 8.78 Å². The summed E-state index contributed by atoms with van der Waals surface area (Å²) in [5.74, 6) is -0.441. The van der Waals surface area contributed by atoms with Crippen LogP contribution in [0.1, 0.15) is 25.8 Å². The van der Waals surface area contributed by atoms with Crippen molar-refractivity contribution >= 4 is 0 Å². The first-order valence-electron chi connectivity index (χ1n) is 6.84. The summed E-state index contributed by atoms with van der Waals surface area (Å²) in [5, 5.41) is 3.41. The third-order valence-corrected chi connectivity index (χ3v) is 3.79. The minimum atomic E-state index is -0.467. The van der Waals surface area contributed by atoms with Gasteiger partial charge in [-0.2, -0.15) is 0 Å². The topological polar surface area (TPSA) is 21.3 Å². The molecule has 0 aliphatic carbocycles. The first kappa shape index (κ1) is 14.4. The molecule has 1 fully saturated rings. The standard InChI is InChI=1S/C15H21F2NO/c1-10(18-11(2)12-6-7-19-9-12)8-13-14(16)4-3-5-15(13)17/h3-5,10-12,18H,6-9H2,1-2H3. The molecule has 0 aromatic heterocycles. The summed E-state index contributed by atoms with van der Waals surface area (Å²) < 4.78 is 32.5. The summed E-state index contributed by atoms with van der Waals surface area (Å²) in [7, 11) is 0. The van der Waals surface area contributed by atoms with E-state index in [1.165, 1.54) is 18.2 Å². The lowest BCUT2D eigenvalue weighted by Gasteiger charge is -2.24. The molecule has 1 aromatic carbocycles. The zero-order chi connectivity index (χ0) is 13.8. The van der Waals surface area contributed by atoms with Crippen molar-refractivity contribution in [3.05, 3.63) is 35.4 Å². The van der Waals surface area contributed by atoms with Crippen LogP contribution in [0.4, 0.5) is 8.78 Å². The Bertz CT molecular complexity index is 398. The van der Waals surface area contributed by atoms with Gasteiger partial charge in [0, 0.05) is 24.3 Å². The fourth-order valence-electron chi connectivity index (χ4n) is 2.62. The molecule has 1 saturated heterocycles. The molecular weight excluding hydrogens is 248 g/mol. The van der Waals surface area contributed by atoms with Gasteiger partial charge in [-0.1, -0.05) is 6.07 Å². The molecule has 1 N–H and O–H groups in total. The maximum Gasteiger partial charge on any atom is 0.129 e. The largest absolute Gasteiger partial charge is 0.381 e. The van der Waals surface area contributed by atoms with Crippen LogP contribution in [0.15, 0.2) is 18.2 Å². The zero-order valence-corrected chi connectivity index (χ0v) is 11.5. The third-order valence-electron chi connectivity index (χ3n) is 3.79. The van der Waals surface area contributed by atoms with Crippen molar-refractivity contribution in [3.8, 4) is 0 Å². The zero-order valence-electron chi connectivity index (χ0n) is 11.5. The van der Waals surface area contributed by atoms with Crippen LogP contribution < -0.4 is 5.32 Å². The van der Waals surface area contributed by atoms with Crippen molar-refractivity contribution in [2.24, 2.45) is 5.92 Å². The van der Waals surface area contributed by atoms with E-state index in [0.717, 1.165) is 19.6 Å². The van der Waals surface area contributed by atoms with Gasteiger partial charge in [0.15, 0.2) is 0 Å². The summed E-state index contributed by atoms with van der Waals surface area (Å²) >= 11 is 0. The Hall–Kier alpha value is -1.00. The quantitative estimate of drug-likeness (QED) is 0.887. The lowest BCUT2D eigenvalue weighted by molar-refractivity contribution is 0.177. The number of rotatable bonds is 5. The second-order valence-electron chi connectivity index (χ2n) is 5.38. The summed E-state index contributed by atoms with van der Waals surface area (Å²) in [6, 6.07) is 4.33. The van der Waals surface area contributed by atoms with Crippen molar-refractivity contribution < 1.29 is 13.5 Å². The van der Waals surface area contributed by atoms with Crippen LogP contribution in [-0.2, 0) is 11.2 Å². The molecule has 1 aliphatic rings. The van der Waals surface area contributed by atoms with Crippen LogP contribution in [-0.4, -0.2) is 25.3 Å². The number of benzene rings is 1. The average Bonchev–Trinajstić information content (AvgIpc) is 2.88. The molecular formula is C15H21F2NO. The monoisotopic (exact) mass is 269 g/mol. The highest BCUT2D eigenvalue weighted by atomic mass is 19.1. The maximum absolute atomic E-state index is 13.6. The molecule has 1 heterocycles. The minimum absolute atomic E-state index is 0.0296. The van der Waals surface area contributed by atoms with Crippen molar-refractivity contribution in [1.82, 2.24) is 5.32 Å². The summed E-state index contributed by atoms with van der Waals surface area (Å²) in [6.45, 7) is 5.65. The highest BCUT2D eigenvalue weighted by Gasteiger charge is 2.23. The van der Waals surface area contributed by atoms with Crippen molar-refractivity contribution in [2.45, 2.75) is 38.8 Å². The number of hydrogen-bond donors (Lipinski definition) is 1. The van der Waals surface area contributed by atoms with E-state index in [0.29, 0.717) is 18.4 Å². The molecule has 2 rings (SSSR count). The average molecular weight is 269 g/mol. The van der Waals surface area contributed by atoms with Gasteiger partial charge in [0.25, 0.3) is 0 Å². The van der Waals surface area contributed by atoms with E-state index in [1.807, 2.05) is 6.92 Å². The SMILES string of the molecule is CC(Cc1c(F)cccc1F)NC(C)C1CCOC1. The van der Waals surface area contributed by atoms with Crippen molar-refractivity contribution in [1.29, 1.82) is 0 Å². The first-order chi connectivity index (χ1) is 9.08. The molecule has 0 radical (unpaired) electrons. The van der Waals surface area contributed by atoms with E-state index >= 15 is 0 Å². The molecule has 0 spiro atoms. The lowest BCUT2D eigenvalue weighted by atomic mass is 9.98. The van der Waals surface area contributed by atoms with Gasteiger partial charge in [0.1, 0.15) is 11.6 Å². The smallest absolute Gasteiger partial charge is 0.129 e. The van der Waals surface area contributed by atoms with Crippen molar-refractivity contribution in [2.75, 3.05) is 13.2 Å². The Morgan fingerprint density at radius 1 is 1.32 bits per heavy atom. The minimum Gasteiger partial charge on any atom is -0.381 e. The number of hydrogen-bond acceptors (Lipinski definition) is 2. The third kappa shape index (κ3) is 3.74. The highest BCUT2D eigenvalue weighted by molar-refractivity contribution is 5.20. The second-order valence-corrected chi connectivity index (χ2v) is 5.38. The highest BCUT2D eigenvalue weighted by Crippen LogP contribution is 2.18. The Kier molecular flexibility index (Phi) is 4.88. The molecule has 106 valence electrons. The maximum atomic E-state index is 13.6. The Balaban J connectivity index is 1.91. The Morgan fingerprint density at radius 3 is 2.58 bits per heavy atom. The summed E-state index contributed by atoms with van der Waals surface area (Å²) in [5.41, 5.74) is 0.164. The molecule has 0 saturated carbocycles. The van der Waals surface area contributed by atoms with Gasteiger partial charge in [0.2, 0.25) is 0 Å². The van der Waals surface area contributed by atoms with Gasteiger partial charge in [-0.3, -0.25) is 0 Å². The molecule has 0 amide bonds. The van der Waals surface area contributed by atoms with Gasteiger partial charge in [-0.15, -0.1) is 0 Å². The van der Waals surface area contributed by atoms with E-state index < -0.39 is 11.6 Å². The molecule has 2 nitrogen and oxygen atoms in total. The van der Waals surface area contributed by atoms with Crippen molar-refractivity contribution in [3.63, 3.8) is 0 Å². The number of nitrogens with one attached hydrogen (secondary N) is 1. The van der Waals surface area contributed by atoms with E-state index in [1.54, 1.807) is 0 Å². The normalized spacial score (nSPS) is 22.4. The van der Waals surface area contributed by atoms with E-state index in [-0.39, 0.29) is 11.6 Å². The van der Waals surface area contributed by atoms with Gasteiger partial charge < -0.3 is 10.1 Å². The predicted molar refractivity (Wildman–Crippen MR) is 71.0 cm³/mol. The molecule has 0 bridgehead atoms. The molecule has 3 unspecified atom stereocenters. The van der Waals surface area contributed by atoms with Crippen LogP contribution in [0.5, 0.6) is 0 Å². The van der Waals surface area contributed by atoms with Crippen LogP contribution in [0.2, 0.25) is 0 Å². The second kappa shape index (κ2) is 6.44. The number of halogens is 2. The fourth-order valence-corrected chi connectivity index (χ4v) is 2.62. The Labute approximate surface area is 113 Å². The van der Waals surface area contributed by atoms with Gasteiger partial charge in [-0.05, 0) is 44.7 Å². The molecule has 4 heteroatoms. The lowest BCUT2D eigenvalue weighted by Crippen LogP contribution is -2.41.